The minimum atomic E-state index is -0.373. The molecule has 0 spiro atoms. The van der Waals surface area contributed by atoms with E-state index in [1.807, 2.05) is 31.2 Å². The number of urea groups is 1. The summed E-state index contributed by atoms with van der Waals surface area (Å²) in [5.41, 5.74) is 2.46. The fourth-order valence-electron chi connectivity index (χ4n) is 3.27. The number of rotatable bonds is 5. The highest BCUT2D eigenvalue weighted by Crippen LogP contribution is 2.25. The average Bonchev–Trinajstić information content (AvgIpc) is 3.02. The third kappa shape index (κ3) is 5.53. The average molecular weight is 387 g/mol. The van der Waals surface area contributed by atoms with Gasteiger partial charge in [-0.15, -0.1) is 0 Å². The van der Waals surface area contributed by atoms with Gasteiger partial charge in [0.1, 0.15) is 4.88 Å². The number of carbonyl (C=O) groups excluding carboxylic acids is 2. The molecule has 27 heavy (non-hydrogen) atoms. The van der Waals surface area contributed by atoms with Crippen molar-refractivity contribution in [3.63, 3.8) is 0 Å². The van der Waals surface area contributed by atoms with Crippen LogP contribution in [0, 0.1) is 19.8 Å². The van der Waals surface area contributed by atoms with Crippen molar-refractivity contribution in [2.75, 3.05) is 17.2 Å². The van der Waals surface area contributed by atoms with Gasteiger partial charge in [0.25, 0.3) is 5.91 Å². The van der Waals surface area contributed by atoms with Gasteiger partial charge < -0.3 is 10.6 Å². The van der Waals surface area contributed by atoms with E-state index in [1.165, 1.54) is 43.4 Å². The first kappa shape index (κ1) is 19.4. The molecule has 2 aromatic rings. The first-order valence-electron chi connectivity index (χ1n) is 9.41. The summed E-state index contributed by atoms with van der Waals surface area (Å²) in [5.74, 6) is 0.469. The topological polar surface area (TPSA) is 83.1 Å². The van der Waals surface area contributed by atoms with E-state index in [2.05, 4.69) is 20.9 Å². The molecule has 6 nitrogen and oxygen atoms in total. The maximum atomic E-state index is 12.5. The van der Waals surface area contributed by atoms with E-state index < -0.39 is 0 Å². The number of benzene rings is 1. The lowest BCUT2D eigenvalue weighted by atomic mass is 9.89. The standard InChI is InChI=1S/C20H26N4O2S/c1-13-8-10-16(11-9-13)23-19(26)24-20-22-14(2)17(27-20)18(25)21-12-15-6-4-3-5-7-15/h8-11,15H,3-7,12H2,1-2H3,(H,21,25)(H2,22,23,24,26). The van der Waals surface area contributed by atoms with Crippen molar-refractivity contribution in [2.45, 2.75) is 46.0 Å². The van der Waals surface area contributed by atoms with Crippen molar-refractivity contribution >= 4 is 34.1 Å². The molecule has 1 aliphatic carbocycles. The van der Waals surface area contributed by atoms with E-state index in [4.69, 9.17) is 0 Å². The summed E-state index contributed by atoms with van der Waals surface area (Å²) in [7, 11) is 0. The van der Waals surface area contributed by atoms with Crippen molar-refractivity contribution in [1.29, 1.82) is 0 Å². The van der Waals surface area contributed by atoms with Crippen LogP contribution < -0.4 is 16.0 Å². The quantitative estimate of drug-likeness (QED) is 0.695. The fourth-order valence-corrected chi connectivity index (χ4v) is 4.14. The van der Waals surface area contributed by atoms with Crippen LogP contribution in [0.15, 0.2) is 24.3 Å². The number of amides is 3. The van der Waals surface area contributed by atoms with Crippen molar-refractivity contribution in [1.82, 2.24) is 10.3 Å². The smallest absolute Gasteiger partial charge is 0.325 e. The summed E-state index contributed by atoms with van der Waals surface area (Å²) in [4.78, 5) is 29.5. The lowest BCUT2D eigenvalue weighted by Crippen LogP contribution is -2.30. The van der Waals surface area contributed by atoms with Crippen LogP contribution >= 0.6 is 11.3 Å². The number of hydrogen-bond donors (Lipinski definition) is 3. The summed E-state index contributed by atoms with van der Waals surface area (Å²) in [6.45, 7) is 4.49. The van der Waals surface area contributed by atoms with Crippen molar-refractivity contribution in [3.8, 4) is 0 Å². The number of carbonyl (C=O) groups is 2. The van der Waals surface area contributed by atoms with E-state index in [0.717, 1.165) is 5.56 Å². The number of aromatic nitrogens is 1. The van der Waals surface area contributed by atoms with Crippen LogP contribution in [0.4, 0.5) is 15.6 Å². The molecule has 1 fully saturated rings. The molecular formula is C20H26N4O2S. The molecule has 0 saturated heterocycles. The fraction of sp³-hybridized carbons (Fsp3) is 0.450. The third-order valence-corrected chi connectivity index (χ3v) is 5.88. The van der Waals surface area contributed by atoms with Crippen LogP contribution in [0.1, 0.15) is 53.0 Å². The predicted octanol–water partition coefficient (Wildman–Crippen LogP) is 4.71. The Labute approximate surface area is 163 Å². The Morgan fingerprint density at radius 3 is 2.48 bits per heavy atom. The molecule has 3 N–H and O–H groups in total. The van der Waals surface area contributed by atoms with Crippen molar-refractivity contribution in [2.24, 2.45) is 5.92 Å². The van der Waals surface area contributed by atoms with Gasteiger partial charge in [-0.25, -0.2) is 9.78 Å². The van der Waals surface area contributed by atoms with E-state index in [9.17, 15) is 9.59 Å². The van der Waals surface area contributed by atoms with Crippen LogP contribution in [-0.4, -0.2) is 23.5 Å². The molecule has 1 saturated carbocycles. The van der Waals surface area contributed by atoms with Gasteiger partial charge in [0.15, 0.2) is 5.13 Å². The Morgan fingerprint density at radius 1 is 1.07 bits per heavy atom. The molecular weight excluding hydrogens is 360 g/mol. The first-order valence-corrected chi connectivity index (χ1v) is 10.2. The molecule has 1 aliphatic rings. The summed E-state index contributed by atoms with van der Waals surface area (Å²) in [6.07, 6.45) is 6.19. The zero-order valence-electron chi connectivity index (χ0n) is 15.8. The highest BCUT2D eigenvalue weighted by atomic mass is 32.1. The highest BCUT2D eigenvalue weighted by Gasteiger charge is 2.19. The number of hydrogen-bond acceptors (Lipinski definition) is 4. The second kappa shape index (κ2) is 8.99. The summed E-state index contributed by atoms with van der Waals surface area (Å²) >= 11 is 1.20. The molecule has 3 amide bonds. The minimum Gasteiger partial charge on any atom is -0.351 e. The maximum Gasteiger partial charge on any atom is 0.325 e. The molecule has 1 aromatic heterocycles. The summed E-state index contributed by atoms with van der Waals surface area (Å²) in [6, 6.07) is 7.16. The van der Waals surface area contributed by atoms with Gasteiger partial charge in [0.05, 0.1) is 5.69 Å². The molecule has 0 radical (unpaired) electrons. The predicted molar refractivity (Wildman–Crippen MR) is 110 cm³/mol. The number of nitrogens with zero attached hydrogens (tertiary/aromatic N) is 1. The Bertz CT molecular complexity index is 795. The second-order valence-electron chi connectivity index (χ2n) is 7.09. The third-order valence-electron chi connectivity index (χ3n) is 4.81. The zero-order chi connectivity index (χ0) is 19.2. The largest absolute Gasteiger partial charge is 0.351 e. The summed E-state index contributed by atoms with van der Waals surface area (Å²) < 4.78 is 0. The Balaban J connectivity index is 1.54. The monoisotopic (exact) mass is 386 g/mol. The molecule has 0 bridgehead atoms. The SMILES string of the molecule is Cc1ccc(NC(=O)Nc2nc(C)c(C(=O)NCC3CCCCC3)s2)cc1. The Hall–Kier alpha value is -2.41. The van der Waals surface area contributed by atoms with Gasteiger partial charge in [-0.05, 0) is 44.7 Å². The lowest BCUT2D eigenvalue weighted by molar-refractivity contribution is 0.0947. The number of aryl methyl sites for hydroxylation is 2. The molecule has 144 valence electrons. The molecule has 1 aromatic carbocycles. The molecule has 0 aliphatic heterocycles. The maximum absolute atomic E-state index is 12.5. The van der Waals surface area contributed by atoms with Crippen LogP contribution in [0.25, 0.3) is 0 Å². The highest BCUT2D eigenvalue weighted by molar-refractivity contribution is 7.17. The second-order valence-corrected chi connectivity index (χ2v) is 8.09. The normalized spacial score (nSPS) is 14.6. The van der Waals surface area contributed by atoms with Gasteiger partial charge in [0.2, 0.25) is 0 Å². The molecule has 0 unspecified atom stereocenters. The minimum absolute atomic E-state index is 0.109. The van der Waals surface area contributed by atoms with Crippen molar-refractivity contribution < 1.29 is 9.59 Å². The number of thiazole rings is 1. The molecule has 7 heteroatoms. The molecule has 3 rings (SSSR count). The van der Waals surface area contributed by atoms with Gasteiger partial charge in [-0.1, -0.05) is 48.3 Å². The lowest BCUT2D eigenvalue weighted by Gasteiger charge is -2.21. The molecule has 1 heterocycles. The zero-order valence-corrected chi connectivity index (χ0v) is 16.6. The Morgan fingerprint density at radius 2 is 1.78 bits per heavy atom. The number of nitrogens with one attached hydrogen (secondary N) is 3. The van der Waals surface area contributed by atoms with Crippen LogP contribution in [0.3, 0.4) is 0 Å². The Kier molecular flexibility index (Phi) is 6.45. The van der Waals surface area contributed by atoms with Gasteiger partial charge in [0, 0.05) is 12.2 Å². The van der Waals surface area contributed by atoms with E-state index in [0.29, 0.717) is 33.9 Å². The van der Waals surface area contributed by atoms with Crippen molar-refractivity contribution in [3.05, 3.63) is 40.4 Å². The first-order chi connectivity index (χ1) is 13.0. The van der Waals surface area contributed by atoms with E-state index in [-0.39, 0.29) is 11.9 Å². The van der Waals surface area contributed by atoms with E-state index in [1.54, 1.807) is 6.92 Å². The van der Waals surface area contributed by atoms with Gasteiger partial charge in [-0.2, -0.15) is 0 Å². The van der Waals surface area contributed by atoms with Gasteiger partial charge >= 0.3 is 6.03 Å². The van der Waals surface area contributed by atoms with Crippen LogP contribution in [-0.2, 0) is 0 Å². The van der Waals surface area contributed by atoms with Crippen LogP contribution in [0.2, 0.25) is 0 Å². The number of anilines is 2. The van der Waals surface area contributed by atoms with Crippen LogP contribution in [0.5, 0.6) is 0 Å². The van der Waals surface area contributed by atoms with Gasteiger partial charge in [-0.3, -0.25) is 10.1 Å². The summed E-state index contributed by atoms with van der Waals surface area (Å²) in [5, 5.41) is 8.90. The van der Waals surface area contributed by atoms with E-state index >= 15 is 0 Å². The molecule has 0 atom stereocenters.